The summed E-state index contributed by atoms with van der Waals surface area (Å²) in [5.74, 6) is 0.770. The average Bonchev–Trinajstić information content (AvgIpc) is 3.30. The van der Waals surface area contributed by atoms with Crippen molar-refractivity contribution in [3.8, 4) is 16.2 Å². The number of nitrogens with zero attached hydrogens (tertiary/aromatic N) is 2. The number of aromatic nitrogens is 2. The SMILES string of the molecule is CNC(C(=O)NCc1ccc(-c2ccc(OC)cc2)s1)c1cnn(C)c1. The Morgan fingerprint density at radius 2 is 2.04 bits per heavy atom. The molecule has 0 aliphatic carbocycles. The molecule has 7 heteroatoms. The second-order valence-electron chi connectivity index (χ2n) is 5.88. The summed E-state index contributed by atoms with van der Waals surface area (Å²) in [7, 11) is 5.26. The summed E-state index contributed by atoms with van der Waals surface area (Å²) >= 11 is 1.67. The summed E-state index contributed by atoms with van der Waals surface area (Å²) in [6.45, 7) is 0.498. The van der Waals surface area contributed by atoms with E-state index in [0.717, 1.165) is 26.6 Å². The van der Waals surface area contributed by atoms with Crippen molar-refractivity contribution in [2.45, 2.75) is 12.6 Å². The molecule has 0 spiro atoms. The van der Waals surface area contributed by atoms with Crippen LogP contribution in [0.15, 0.2) is 48.8 Å². The van der Waals surface area contributed by atoms with Gasteiger partial charge in [0.15, 0.2) is 0 Å². The minimum absolute atomic E-state index is 0.0695. The lowest BCUT2D eigenvalue weighted by atomic mass is 10.1. The highest BCUT2D eigenvalue weighted by atomic mass is 32.1. The molecule has 2 N–H and O–H groups in total. The highest BCUT2D eigenvalue weighted by molar-refractivity contribution is 7.15. The topological polar surface area (TPSA) is 68.2 Å². The van der Waals surface area contributed by atoms with Gasteiger partial charge in [0, 0.05) is 28.6 Å². The Bertz CT molecular complexity index is 870. The van der Waals surface area contributed by atoms with Crippen LogP contribution in [-0.2, 0) is 18.4 Å². The van der Waals surface area contributed by atoms with Crippen molar-refractivity contribution in [1.82, 2.24) is 20.4 Å². The van der Waals surface area contributed by atoms with Gasteiger partial charge in [0.2, 0.25) is 5.91 Å². The van der Waals surface area contributed by atoms with Gasteiger partial charge in [0.1, 0.15) is 11.8 Å². The van der Waals surface area contributed by atoms with Crippen molar-refractivity contribution in [1.29, 1.82) is 0 Å². The first-order valence-electron chi connectivity index (χ1n) is 8.27. The molecule has 0 aliphatic rings. The van der Waals surface area contributed by atoms with Gasteiger partial charge in [-0.1, -0.05) is 0 Å². The summed E-state index contributed by atoms with van der Waals surface area (Å²) in [5, 5.41) is 10.2. The number of nitrogens with one attached hydrogen (secondary N) is 2. The normalized spacial score (nSPS) is 12.0. The molecule has 1 aromatic carbocycles. The molecule has 136 valence electrons. The number of aryl methyl sites for hydroxylation is 1. The molecule has 1 amide bonds. The fraction of sp³-hybridized carbons (Fsp3) is 0.263. The van der Waals surface area contributed by atoms with E-state index >= 15 is 0 Å². The van der Waals surface area contributed by atoms with E-state index in [-0.39, 0.29) is 5.91 Å². The minimum Gasteiger partial charge on any atom is -0.497 e. The second kappa shape index (κ2) is 8.16. The van der Waals surface area contributed by atoms with Crippen molar-refractivity contribution < 1.29 is 9.53 Å². The van der Waals surface area contributed by atoms with E-state index in [4.69, 9.17) is 4.74 Å². The third-order valence-corrected chi connectivity index (χ3v) is 5.22. The lowest BCUT2D eigenvalue weighted by Crippen LogP contribution is -2.35. The first kappa shape index (κ1) is 18.2. The smallest absolute Gasteiger partial charge is 0.242 e. The van der Waals surface area contributed by atoms with E-state index in [1.807, 2.05) is 43.6 Å². The fourth-order valence-corrected chi connectivity index (χ4v) is 3.65. The Labute approximate surface area is 156 Å². The molecule has 1 atom stereocenters. The third-order valence-electron chi connectivity index (χ3n) is 4.08. The quantitative estimate of drug-likeness (QED) is 0.671. The Kier molecular flexibility index (Phi) is 5.70. The monoisotopic (exact) mass is 370 g/mol. The lowest BCUT2D eigenvalue weighted by Gasteiger charge is -2.14. The van der Waals surface area contributed by atoms with Gasteiger partial charge in [-0.2, -0.15) is 5.10 Å². The van der Waals surface area contributed by atoms with Gasteiger partial charge in [-0.05, 0) is 49.0 Å². The summed E-state index contributed by atoms with van der Waals surface area (Å²) in [4.78, 5) is 14.7. The molecular formula is C19H22N4O2S. The first-order chi connectivity index (χ1) is 12.6. The molecule has 2 heterocycles. The Hall–Kier alpha value is -2.64. The summed E-state index contributed by atoms with van der Waals surface area (Å²) in [6.07, 6.45) is 3.54. The van der Waals surface area contributed by atoms with Gasteiger partial charge in [0.05, 0.1) is 19.9 Å². The predicted octanol–water partition coefficient (Wildman–Crippen LogP) is 2.73. The van der Waals surface area contributed by atoms with Crippen molar-refractivity contribution in [2.75, 3.05) is 14.2 Å². The Balaban J connectivity index is 1.62. The van der Waals surface area contributed by atoms with E-state index in [9.17, 15) is 4.79 Å². The molecule has 6 nitrogen and oxygen atoms in total. The molecular weight excluding hydrogens is 348 g/mol. The number of likely N-dealkylation sites (N-methyl/N-ethyl adjacent to an activating group) is 1. The summed E-state index contributed by atoms with van der Waals surface area (Å²) in [6, 6.07) is 11.7. The molecule has 2 aromatic heterocycles. The molecule has 1 unspecified atom stereocenters. The zero-order valence-electron chi connectivity index (χ0n) is 15.0. The standard InChI is InChI=1S/C19H22N4O2S/c1-20-18(14-10-22-23(2)12-14)19(24)21-11-16-8-9-17(26-16)13-4-6-15(25-3)7-5-13/h4-10,12,18,20H,11H2,1-3H3,(H,21,24). The van der Waals surface area contributed by atoms with Crippen LogP contribution < -0.4 is 15.4 Å². The number of thiophene rings is 1. The van der Waals surface area contributed by atoms with Crippen LogP contribution in [0.4, 0.5) is 0 Å². The third kappa shape index (κ3) is 4.12. The van der Waals surface area contributed by atoms with Gasteiger partial charge in [-0.3, -0.25) is 9.48 Å². The molecule has 0 radical (unpaired) electrons. The number of carbonyl (C=O) groups excluding carboxylic acids is 1. The fourth-order valence-electron chi connectivity index (χ4n) is 2.70. The molecule has 3 aromatic rings. The molecule has 0 aliphatic heterocycles. The Morgan fingerprint density at radius 1 is 1.27 bits per heavy atom. The first-order valence-corrected chi connectivity index (χ1v) is 9.09. The number of rotatable bonds is 7. The van der Waals surface area contributed by atoms with Crippen LogP contribution in [0.2, 0.25) is 0 Å². The zero-order valence-corrected chi connectivity index (χ0v) is 15.8. The number of benzene rings is 1. The van der Waals surface area contributed by atoms with Crippen molar-refractivity contribution in [3.05, 3.63) is 59.2 Å². The largest absolute Gasteiger partial charge is 0.497 e. The maximum absolute atomic E-state index is 12.5. The number of amides is 1. The van der Waals surface area contributed by atoms with Crippen molar-refractivity contribution in [2.24, 2.45) is 7.05 Å². The van der Waals surface area contributed by atoms with Crippen LogP contribution in [-0.4, -0.2) is 29.8 Å². The van der Waals surface area contributed by atoms with Gasteiger partial charge in [-0.15, -0.1) is 11.3 Å². The second-order valence-corrected chi connectivity index (χ2v) is 7.05. The van der Waals surface area contributed by atoms with Gasteiger partial charge >= 0.3 is 0 Å². The van der Waals surface area contributed by atoms with E-state index < -0.39 is 6.04 Å². The number of carbonyl (C=O) groups is 1. The zero-order chi connectivity index (χ0) is 18.5. The minimum atomic E-state index is -0.412. The molecule has 0 fully saturated rings. The number of hydrogen-bond acceptors (Lipinski definition) is 5. The van der Waals surface area contributed by atoms with Crippen molar-refractivity contribution >= 4 is 17.2 Å². The molecule has 0 bridgehead atoms. The van der Waals surface area contributed by atoms with Crippen molar-refractivity contribution in [3.63, 3.8) is 0 Å². The van der Waals surface area contributed by atoms with Crippen LogP contribution in [0.1, 0.15) is 16.5 Å². The van der Waals surface area contributed by atoms with E-state index in [0.29, 0.717) is 6.54 Å². The molecule has 3 rings (SSSR count). The lowest BCUT2D eigenvalue weighted by molar-refractivity contribution is -0.123. The molecule has 0 saturated carbocycles. The van der Waals surface area contributed by atoms with Crippen LogP contribution in [0.3, 0.4) is 0 Å². The summed E-state index contributed by atoms with van der Waals surface area (Å²) in [5.41, 5.74) is 1.98. The average molecular weight is 370 g/mol. The molecule has 26 heavy (non-hydrogen) atoms. The highest BCUT2D eigenvalue weighted by Gasteiger charge is 2.19. The number of hydrogen-bond donors (Lipinski definition) is 2. The number of methoxy groups -OCH3 is 1. The maximum atomic E-state index is 12.5. The van der Waals surface area contributed by atoms with Gasteiger partial charge < -0.3 is 15.4 Å². The van der Waals surface area contributed by atoms with Crippen LogP contribution >= 0.6 is 11.3 Å². The van der Waals surface area contributed by atoms with E-state index in [2.05, 4.69) is 21.8 Å². The van der Waals surface area contributed by atoms with E-state index in [1.165, 1.54) is 0 Å². The maximum Gasteiger partial charge on any atom is 0.242 e. The predicted molar refractivity (Wildman–Crippen MR) is 103 cm³/mol. The Morgan fingerprint density at radius 3 is 2.65 bits per heavy atom. The van der Waals surface area contributed by atoms with Crippen LogP contribution in [0.5, 0.6) is 5.75 Å². The number of ether oxygens (including phenoxy) is 1. The highest BCUT2D eigenvalue weighted by Crippen LogP contribution is 2.29. The molecule has 0 saturated heterocycles. The van der Waals surface area contributed by atoms with Gasteiger partial charge in [-0.25, -0.2) is 0 Å². The summed E-state index contributed by atoms with van der Waals surface area (Å²) < 4.78 is 6.88. The van der Waals surface area contributed by atoms with E-state index in [1.54, 1.807) is 36.4 Å². The van der Waals surface area contributed by atoms with Crippen LogP contribution in [0, 0.1) is 0 Å². The van der Waals surface area contributed by atoms with Gasteiger partial charge in [0.25, 0.3) is 0 Å². The van der Waals surface area contributed by atoms with Crippen LogP contribution in [0.25, 0.3) is 10.4 Å².